The third-order valence-electron chi connectivity index (χ3n) is 5.19. The van der Waals surface area contributed by atoms with Crippen molar-refractivity contribution in [1.82, 2.24) is 4.90 Å². The van der Waals surface area contributed by atoms with E-state index in [1.807, 2.05) is 6.92 Å². The maximum absolute atomic E-state index is 10.5. The predicted molar refractivity (Wildman–Crippen MR) is 66.9 cm³/mol. The fourth-order valence-corrected chi connectivity index (χ4v) is 4.00. The maximum Gasteiger partial charge on any atom is 0.105 e. The van der Waals surface area contributed by atoms with Crippen LogP contribution in [0.3, 0.4) is 0 Å². The van der Waals surface area contributed by atoms with Crippen molar-refractivity contribution in [2.45, 2.75) is 57.2 Å². The van der Waals surface area contributed by atoms with Crippen molar-refractivity contribution in [3.63, 3.8) is 0 Å². The van der Waals surface area contributed by atoms with Crippen molar-refractivity contribution in [3.05, 3.63) is 0 Å². The van der Waals surface area contributed by atoms with Crippen LogP contribution in [0.25, 0.3) is 0 Å². The van der Waals surface area contributed by atoms with Crippen LogP contribution in [-0.4, -0.2) is 48.0 Å². The van der Waals surface area contributed by atoms with Gasteiger partial charge in [-0.1, -0.05) is 19.3 Å². The van der Waals surface area contributed by atoms with E-state index in [0.29, 0.717) is 5.41 Å². The van der Waals surface area contributed by atoms with E-state index >= 15 is 0 Å². The zero-order valence-electron chi connectivity index (χ0n) is 11.0. The summed E-state index contributed by atoms with van der Waals surface area (Å²) in [4.78, 5) is 2.44. The van der Waals surface area contributed by atoms with Gasteiger partial charge in [0.15, 0.2) is 0 Å². The Kier molecular flexibility index (Phi) is 2.96. The van der Waals surface area contributed by atoms with Gasteiger partial charge in [0.2, 0.25) is 0 Å². The lowest BCUT2D eigenvalue weighted by Crippen LogP contribution is -2.61. The van der Waals surface area contributed by atoms with E-state index in [4.69, 9.17) is 4.74 Å². The molecule has 2 heterocycles. The molecule has 1 N–H and O–H groups in total. The standard InChI is InChI=1S/C14H25NO2/c1-12-14(16,7-8-17-12)11-15-9-13(10-15)5-3-2-4-6-13/h12,16H,2-11H2,1H3. The molecule has 0 aromatic carbocycles. The summed E-state index contributed by atoms with van der Waals surface area (Å²) in [5.41, 5.74) is 0.0353. The molecule has 0 aromatic heterocycles. The van der Waals surface area contributed by atoms with Gasteiger partial charge in [-0.3, -0.25) is 4.90 Å². The molecule has 1 aliphatic carbocycles. The second-order valence-corrected chi connectivity index (χ2v) is 6.57. The highest BCUT2D eigenvalue weighted by atomic mass is 16.5. The molecule has 1 spiro atoms. The van der Waals surface area contributed by atoms with Gasteiger partial charge in [0, 0.05) is 32.7 Å². The van der Waals surface area contributed by atoms with E-state index < -0.39 is 5.60 Å². The highest BCUT2D eigenvalue weighted by molar-refractivity contribution is 5.01. The molecule has 17 heavy (non-hydrogen) atoms. The maximum atomic E-state index is 10.5. The van der Waals surface area contributed by atoms with E-state index in [1.165, 1.54) is 45.2 Å². The minimum atomic E-state index is -0.587. The third kappa shape index (κ3) is 2.13. The van der Waals surface area contributed by atoms with Gasteiger partial charge in [-0.2, -0.15) is 0 Å². The number of hydrogen-bond donors (Lipinski definition) is 1. The summed E-state index contributed by atoms with van der Waals surface area (Å²) in [6.07, 6.45) is 7.89. The average molecular weight is 239 g/mol. The second kappa shape index (κ2) is 4.22. The summed E-state index contributed by atoms with van der Waals surface area (Å²) in [5, 5.41) is 10.5. The third-order valence-corrected chi connectivity index (χ3v) is 5.19. The predicted octanol–water partition coefficient (Wildman–Crippen LogP) is 1.79. The van der Waals surface area contributed by atoms with Crippen molar-refractivity contribution in [3.8, 4) is 0 Å². The van der Waals surface area contributed by atoms with Crippen molar-refractivity contribution in [1.29, 1.82) is 0 Å². The Hall–Kier alpha value is -0.120. The first-order valence-electron chi connectivity index (χ1n) is 7.18. The van der Waals surface area contributed by atoms with Gasteiger partial charge >= 0.3 is 0 Å². The van der Waals surface area contributed by atoms with Crippen LogP contribution >= 0.6 is 0 Å². The molecule has 2 unspecified atom stereocenters. The quantitative estimate of drug-likeness (QED) is 0.797. The SMILES string of the molecule is CC1OCCC1(O)CN1CC2(CCCCC2)C1. The Labute approximate surface area is 104 Å². The van der Waals surface area contributed by atoms with Gasteiger partial charge in [0.1, 0.15) is 5.60 Å². The van der Waals surface area contributed by atoms with Crippen LogP contribution in [0, 0.1) is 5.41 Å². The Morgan fingerprint density at radius 2 is 1.88 bits per heavy atom. The largest absolute Gasteiger partial charge is 0.386 e. The summed E-state index contributed by atoms with van der Waals surface area (Å²) < 4.78 is 5.50. The number of aliphatic hydroxyl groups is 1. The van der Waals surface area contributed by atoms with Crippen LogP contribution in [0.5, 0.6) is 0 Å². The normalized spacial score (nSPS) is 41.6. The Bertz CT molecular complexity index is 280. The molecule has 0 aromatic rings. The van der Waals surface area contributed by atoms with Gasteiger partial charge in [-0.15, -0.1) is 0 Å². The molecular weight excluding hydrogens is 214 g/mol. The van der Waals surface area contributed by atoms with Gasteiger partial charge in [0.05, 0.1) is 6.10 Å². The molecule has 0 amide bonds. The number of nitrogens with zero attached hydrogens (tertiary/aromatic N) is 1. The zero-order valence-corrected chi connectivity index (χ0v) is 11.0. The van der Waals surface area contributed by atoms with E-state index in [9.17, 15) is 5.11 Å². The van der Waals surface area contributed by atoms with Crippen LogP contribution in [0.15, 0.2) is 0 Å². The molecule has 2 atom stereocenters. The molecular formula is C14H25NO2. The first-order valence-corrected chi connectivity index (χ1v) is 7.18. The summed E-state index contributed by atoms with van der Waals surface area (Å²) in [7, 11) is 0. The van der Waals surface area contributed by atoms with Crippen molar-refractivity contribution >= 4 is 0 Å². The van der Waals surface area contributed by atoms with E-state index in [2.05, 4.69) is 4.90 Å². The molecule has 3 rings (SSSR count). The molecule has 0 radical (unpaired) electrons. The number of rotatable bonds is 2. The average Bonchev–Trinajstić information content (AvgIpc) is 2.58. The van der Waals surface area contributed by atoms with Gasteiger partial charge < -0.3 is 9.84 Å². The van der Waals surface area contributed by atoms with Crippen LogP contribution in [-0.2, 0) is 4.74 Å². The van der Waals surface area contributed by atoms with Crippen LogP contribution in [0.4, 0.5) is 0 Å². The number of β-amino-alcohol motifs (C(OH)–C–C–N with tert-alkyl or cyclic N) is 1. The van der Waals surface area contributed by atoms with E-state index in [1.54, 1.807) is 0 Å². The van der Waals surface area contributed by atoms with Crippen LogP contribution < -0.4 is 0 Å². The van der Waals surface area contributed by atoms with Crippen molar-refractivity contribution in [2.24, 2.45) is 5.41 Å². The number of likely N-dealkylation sites (tertiary alicyclic amines) is 1. The summed E-state index contributed by atoms with van der Waals surface area (Å²) in [5.74, 6) is 0. The smallest absolute Gasteiger partial charge is 0.105 e. The van der Waals surface area contributed by atoms with Crippen LogP contribution in [0.1, 0.15) is 45.4 Å². The molecule has 3 heteroatoms. The molecule has 2 saturated heterocycles. The Balaban J connectivity index is 1.52. The minimum absolute atomic E-state index is 0.00501. The van der Waals surface area contributed by atoms with E-state index in [-0.39, 0.29) is 6.10 Å². The molecule has 98 valence electrons. The molecule has 3 fully saturated rings. The first-order chi connectivity index (χ1) is 8.12. The lowest BCUT2D eigenvalue weighted by Gasteiger charge is -2.54. The van der Waals surface area contributed by atoms with Gasteiger partial charge in [-0.25, -0.2) is 0 Å². The summed E-state index contributed by atoms with van der Waals surface area (Å²) in [6, 6.07) is 0. The van der Waals surface area contributed by atoms with Crippen molar-refractivity contribution in [2.75, 3.05) is 26.2 Å². The highest BCUT2D eigenvalue weighted by Gasteiger charge is 2.48. The number of hydrogen-bond acceptors (Lipinski definition) is 3. The topological polar surface area (TPSA) is 32.7 Å². The molecule has 3 nitrogen and oxygen atoms in total. The fourth-order valence-electron chi connectivity index (χ4n) is 4.00. The Morgan fingerprint density at radius 1 is 1.18 bits per heavy atom. The first kappa shape index (κ1) is 11.9. The van der Waals surface area contributed by atoms with Gasteiger partial charge in [0.25, 0.3) is 0 Å². The number of ether oxygens (including phenoxy) is 1. The second-order valence-electron chi connectivity index (χ2n) is 6.57. The monoisotopic (exact) mass is 239 g/mol. The Morgan fingerprint density at radius 3 is 2.47 bits per heavy atom. The summed E-state index contributed by atoms with van der Waals surface area (Å²) in [6.45, 7) is 5.96. The lowest BCUT2D eigenvalue weighted by molar-refractivity contribution is -0.101. The highest BCUT2D eigenvalue weighted by Crippen LogP contribution is 2.44. The minimum Gasteiger partial charge on any atom is -0.386 e. The molecule has 2 aliphatic heterocycles. The van der Waals surface area contributed by atoms with E-state index in [0.717, 1.165) is 19.6 Å². The fraction of sp³-hybridized carbons (Fsp3) is 1.00. The lowest BCUT2D eigenvalue weighted by atomic mass is 9.68. The summed E-state index contributed by atoms with van der Waals surface area (Å²) >= 11 is 0. The molecule has 0 bridgehead atoms. The molecule has 3 aliphatic rings. The van der Waals surface area contributed by atoms with Crippen LogP contribution in [0.2, 0.25) is 0 Å². The zero-order chi connectivity index (χ0) is 11.9. The van der Waals surface area contributed by atoms with Gasteiger partial charge in [-0.05, 0) is 25.2 Å². The van der Waals surface area contributed by atoms with Crippen molar-refractivity contribution < 1.29 is 9.84 Å². The molecule has 1 saturated carbocycles.